The van der Waals surface area contributed by atoms with Crippen molar-refractivity contribution in [1.82, 2.24) is 14.9 Å². The highest BCUT2D eigenvalue weighted by Crippen LogP contribution is 2.19. The summed E-state index contributed by atoms with van der Waals surface area (Å²) in [5, 5.41) is 15.3. The number of rotatable bonds is 7. The minimum Gasteiger partial charge on any atom is -0.409 e. The van der Waals surface area contributed by atoms with Crippen molar-refractivity contribution in [3.63, 3.8) is 0 Å². The zero-order valence-corrected chi connectivity index (χ0v) is 14.5. The van der Waals surface area contributed by atoms with Crippen LogP contribution in [0, 0.1) is 5.92 Å². The van der Waals surface area contributed by atoms with E-state index in [1.807, 2.05) is 12.1 Å². The lowest BCUT2D eigenvalue weighted by atomic mass is 10.00. The van der Waals surface area contributed by atoms with Gasteiger partial charge >= 0.3 is 0 Å². The van der Waals surface area contributed by atoms with Crippen molar-refractivity contribution in [2.24, 2.45) is 16.8 Å². The fourth-order valence-electron chi connectivity index (χ4n) is 3.21. The zero-order valence-electron chi connectivity index (χ0n) is 14.5. The Balaban J connectivity index is 1.54. The second-order valence-corrected chi connectivity index (χ2v) is 6.52. The van der Waals surface area contributed by atoms with Crippen LogP contribution in [0.2, 0.25) is 0 Å². The van der Waals surface area contributed by atoms with Gasteiger partial charge in [0.05, 0.1) is 11.0 Å². The number of imidazole rings is 1. The Morgan fingerprint density at radius 1 is 1.48 bits per heavy atom. The maximum Gasteiger partial charge on any atom is 0.201 e. The molecule has 8 nitrogen and oxygen atoms in total. The lowest BCUT2D eigenvalue weighted by Gasteiger charge is -2.27. The minimum absolute atomic E-state index is 0.0667. The summed E-state index contributed by atoms with van der Waals surface area (Å²) >= 11 is 0. The molecule has 2 aromatic rings. The van der Waals surface area contributed by atoms with E-state index in [2.05, 4.69) is 32.4 Å². The van der Waals surface area contributed by atoms with Gasteiger partial charge in [0.25, 0.3) is 0 Å². The Hall–Kier alpha value is -2.32. The molecule has 3 rings (SSSR count). The molecule has 25 heavy (non-hydrogen) atoms. The molecule has 136 valence electrons. The number of amidine groups is 1. The smallest absolute Gasteiger partial charge is 0.201 e. The summed E-state index contributed by atoms with van der Waals surface area (Å²) in [5.74, 6) is 1.48. The van der Waals surface area contributed by atoms with Crippen molar-refractivity contribution in [3.8, 4) is 0 Å². The van der Waals surface area contributed by atoms with Gasteiger partial charge in [-0.05, 0) is 37.9 Å². The number of para-hydroxylation sites is 1. The highest BCUT2D eigenvalue weighted by Gasteiger charge is 2.15. The van der Waals surface area contributed by atoms with Gasteiger partial charge in [0.1, 0.15) is 0 Å². The summed E-state index contributed by atoms with van der Waals surface area (Å²) in [6, 6.07) is 5.52. The average molecular weight is 346 g/mol. The number of nitrogens with zero attached hydrogens (tertiary/aromatic N) is 3. The Morgan fingerprint density at radius 2 is 2.28 bits per heavy atom. The molecule has 8 heteroatoms. The van der Waals surface area contributed by atoms with Crippen LogP contribution < -0.4 is 11.1 Å². The van der Waals surface area contributed by atoms with Gasteiger partial charge in [-0.15, -0.1) is 0 Å². The topological polar surface area (TPSA) is 112 Å². The number of aromatic nitrogens is 2. The van der Waals surface area contributed by atoms with Crippen LogP contribution in [0.3, 0.4) is 0 Å². The number of benzene rings is 1. The molecule has 1 aromatic carbocycles. The molecule has 1 aliphatic heterocycles. The summed E-state index contributed by atoms with van der Waals surface area (Å²) in [5.41, 5.74) is 7.89. The molecule has 1 aromatic heterocycles. The van der Waals surface area contributed by atoms with Crippen LogP contribution in [0.25, 0.3) is 11.0 Å². The number of hydrogen-bond donors (Lipinski definition) is 4. The average Bonchev–Trinajstić information content (AvgIpc) is 3.04. The second-order valence-electron chi connectivity index (χ2n) is 6.52. The first-order valence-corrected chi connectivity index (χ1v) is 8.64. The first-order chi connectivity index (χ1) is 12.2. The normalized spacial score (nSPS) is 16.6. The van der Waals surface area contributed by atoms with Gasteiger partial charge in [-0.25, -0.2) is 4.98 Å². The molecular formula is C17H26N6O2. The number of ether oxygens (including phenoxy) is 1. The number of fused-ring (bicyclic) bond motifs is 1. The molecule has 0 aliphatic carbocycles. The van der Waals surface area contributed by atoms with Gasteiger partial charge in [0.2, 0.25) is 5.95 Å². The van der Waals surface area contributed by atoms with Crippen LogP contribution in [-0.2, 0) is 4.74 Å². The minimum atomic E-state index is 0.0667. The van der Waals surface area contributed by atoms with Gasteiger partial charge in [-0.1, -0.05) is 11.2 Å². The molecule has 0 unspecified atom stereocenters. The predicted molar refractivity (Wildman–Crippen MR) is 98.1 cm³/mol. The summed E-state index contributed by atoms with van der Waals surface area (Å²) in [6.45, 7) is 4.59. The van der Waals surface area contributed by atoms with Gasteiger partial charge in [0.15, 0.2) is 5.84 Å². The maximum absolute atomic E-state index is 8.89. The highest BCUT2D eigenvalue weighted by atomic mass is 16.5. The Bertz CT molecular complexity index is 723. The standard InChI is InChI=1S/C17H26N6O2/c1-23(11-12-5-9-25-10-6-12)8-7-19-17-20-14-4-2-3-13(15(14)21-17)16(18)22-24/h2-4,12,24H,5-11H2,1H3,(H2,18,22)(H2,19,20,21). The van der Waals surface area contributed by atoms with E-state index in [4.69, 9.17) is 15.7 Å². The fraction of sp³-hybridized carbons (Fsp3) is 0.529. The van der Waals surface area contributed by atoms with E-state index >= 15 is 0 Å². The van der Waals surface area contributed by atoms with Crippen molar-refractivity contribution in [2.75, 3.05) is 45.2 Å². The van der Waals surface area contributed by atoms with E-state index in [9.17, 15) is 0 Å². The van der Waals surface area contributed by atoms with Crippen LogP contribution in [0.5, 0.6) is 0 Å². The SMILES string of the molecule is CN(CCNc1nc2cccc(C(N)=NO)c2[nH]1)CC1CCOCC1. The Morgan fingerprint density at radius 3 is 3.04 bits per heavy atom. The van der Waals surface area contributed by atoms with E-state index in [-0.39, 0.29) is 5.84 Å². The quantitative estimate of drug-likeness (QED) is 0.261. The first-order valence-electron chi connectivity index (χ1n) is 8.64. The van der Waals surface area contributed by atoms with Crippen molar-refractivity contribution >= 4 is 22.8 Å². The van der Waals surface area contributed by atoms with E-state index in [1.165, 1.54) is 0 Å². The molecule has 5 N–H and O–H groups in total. The molecular weight excluding hydrogens is 320 g/mol. The lowest BCUT2D eigenvalue weighted by molar-refractivity contribution is 0.0562. The Labute approximate surface area is 147 Å². The third kappa shape index (κ3) is 4.40. The summed E-state index contributed by atoms with van der Waals surface area (Å²) in [7, 11) is 2.15. The van der Waals surface area contributed by atoms with Crippen LogP contribution in [0.15, 0.2) is 23.4 Å². The summed E-state index contributed by atoms with van der Waals surface area (Å²) < 4.78 is 5.41. The van der Waals surface area contributed by atoms with Gasteiger partial charge in [-0.2, -0.15) is 0 Å². The molecule has 0 radical (unpaired) electrons. The second kappa shape index (κ2) is 8.17. The largest absolute Gasteiger partial charge is 0.409 e. The van der Waals surface area contributed by atoms with E-state index < -0.39 is 0 Å². The third-order valence-electron chi connectivity index (χ3n) is 4.60. The summed E-state index contributed by atoms with van der Waals surface area (Å²) in [4.78, 5) is 10.1. The Kier molecular flexibility index (Phi) is 5.72. The number of oxime groups is 1. The zero-order chi connectivity index (χ0) is 17.6. The maximum atomic E-state index is 8.89. The summed E-state index contributed by atoms with van der Waals surface area (Å²) in [6.07, 6.45) is 2.30. The number of aromatic amines is 1. The number of likely N-dealkylation sites (N-methyl/N-ethyl adjacent to an activating group) is 1. The number of nitrogens with two attached hydrogens (primary N) is 1. The van der Waals surface area contributed by atoms with Gasteiger partial charge in [-0.3, -0.25) is 0 Å². The van der Waals surface area contributed by atoms with Crippen LogP contribution in [0.1, 0.15) is 18.4 Å². The number of hydrogen-bond acceptors (Lipinski definition) is 6. The van der Waals surface area contributed by atoms with Crippen molar-refractivity contribution < 1.29 is 9.94 Å². The van der Waals surface area contributed by atoms with E-state index in [0.717, 1.165) is 62.6 Å². The van der Waals surface area contributed by atoms with Crippen molar-refractivity contribution in [2.45, 2.75) is 12.8 Å². The first kappa shape index (κ1) is 17.5. The molecule has 1 aliphatic rings. The molecule has 0 amide bonds. The van der Waals surface area contributed by atoms with Crippen LogP contribution >= 0.6 is 0 Å². The van der Waals surface area contributed by atoms with Crippen LogP contribution in [-0.4, -0.2) is 65.8 Å². The molecule has 2 heterocycles. The molecule has 0 spiro atoms. The van der Waals surface area contributed by atoms with E-state index in [1.54, 1.807) is 6.07 Å². The van der Waals surface area contributed by atoms with Gasteiger partial charge in [0, 0.05) is 38.4 Å². The van der Waals surface area contributed by atoms with Crippen LogP contribution in [0.4, 0.5) is 5.95 Å². The monoisotopic (exact) mass is 346 g/mol. The fourth-order valence-corrected chi connectivity index (χ4v) is 3.21. The van der Waals surface area contributed by atoms with E-state index in [0.29, 0.717) is 11.5 Å². The van der Waals surface area contributed by atoms with Crippen molar-refractivity contribution in [3.05, 3.63) is 23.8 Å². The molecule has 1 fully saturated rings. The third-order valence-corrected chi connectivity index (χ3v) is 4.60. The molecule has 1 saturated heterocycles. The molecule has 0 atom stereocenters. The number of nitrogens with one attached hydrogen (secondary N) is 2. The van der Waals surface area contributed by atoms with Crippen molar-refractivity contribution in [1.29, 1.82) is 0 Å². The number of H-pyrrole nitrogens is 1. The number of anilines is 1. The highest BCUT2D eigenvalue weighted by molar-refractivity contribution is 6.07. The molecule has 0 bridgehead atoms. The van der Waals surface area contributed by atoms with Gasteiger partial charge < -0.3 is 30.9 Å². The lowest BCUT2D eigenvalue weighted by Crippen LogP contribution is -2.32. The molecule has 0 saturated carbocycles. The predicted octanol–water partition coefficient (Wildman–Crippen LogP) is 1.43.